The largest absolute Gasteiger partial charge is 0.379 e. The van der Waals surface area contributed by atoms with E-state index in [4.69, 9.17) is 10.5 Å². The van der Waals surface area contributed by atoms with E-state index in [0.717, 1.165) is 19.4 Å². The van der Waals surface area contributed by atoms with E-state index in [-0.39, 0.29) is 6.04 Å². The molecule has 1 aromatic carbocycles. The highest BCUT2D eigenvalue weighted by Crippen LogP contribution is 2.13. The minimum absolute atomic E-state index is 0.00122. The van der Waals surface area contributed by atoms with E-state index in [1.54, 1.807) is 0 Å². The van der Waals surface area contributed by atoms with Crippen LogP contribution < -0.4 is 5.73 Å². The zero-order valence-electron chi connectivity index (χ0n) is 13.2. The summed E-state index contributed by atoms with van der Waals surface area (Å²) >= 11 is 0. The summed E-state index contributed by atoms with van der Waals surface area (Å²) in [4.78, 5) is 0. The minimum atomic E-state index is 0.00122. The van der Waals surface area contributed by atoms with Gasteiger partial charge in [-0.15, -0.1) is 0 Å². The Hall–Kier alpha value is -0.860. The number of benzene rings is 1. The van der Waals surface area contributed by atoms with Gasteiger partial charge in [-0.2, -0.15) is 0 Å². The molecule has 0 heterocycles. The molecule has 2 N–H and O–H groups in total. The van der Waals surface area contributed by atoms with Gasteiger partial charge in [0.2, 0.25) is 0 Å². The molecule has 0 radical (unpaired) electrons. The first-order valence-electron chi connectivity index (χ1n) is 8.20. The number of rotatable bonds is 11. The third kappa shape index (κ3) is 7.06. The standard InChI is InChI=1S/C18H31NO/c1-3-5-6-7-8-14-20-15-18(19)17-12-10-16(9-4-2)11-13-17/h10-13,18H,3-9,14-15,19H2,1-2H3. The lowest BCUT2D eigenvalue weighted by Gasteiger charge is -2.13. The van der Waals surface area contributed by atoms with Crippen molar-refractivity contribution in [1.82, 2.24) is 0 Å². The van der Waals surface area contributed by atoms with Gasteiger partial charge in [0.15, 0.2) is 0 Å². The Labute approximate surface area is 124 Å². The monoisotopic (exact) mass is 277 g/mol. The van der Waals surface area contributed by atoms with Crippen molar-refractivity contribution in [3.8, 4) is 0 Å². The summed E-state index contributed by atoms with van der Waals surface area (Å²) in [6.07, 6.45) is 8.71. The fourth-order valence-electron chi connectivity index (χ4n) is 2.33. The second-order valence-corrected chi connectivity index (χ2v) is 5.59. The van der Waals surface area contributed by atoms with Gasteiger partial charge in [0, 0.05) is 6.61 Å². The predicted molar refractivity (Wildman–Crippen MR) is 86.9 cm³/mol. The van der Waals surface area contributed by atoms with Gasteiger partial charge in [-0.25, -0.2) is 0 Å². The molecule has 0 spiro atoms. The third-order valence-electron chi connectivity index (χ3n) is 3.64. The van der Waals surface area contributed by atoms with Gasteiger partial charge in [0.1, 0.15) is 0 Å². The smallest absolute Gasteiger partial charge is 0.0659 e. The van der Waals surface area contributed by atoms with Crippen molar-refractivity contribution >= 4 is 0 Å². The van der Waals surface area contributed by atoms with Crippen LogP contribution in [0.25, 0.3) is 0 Å². The predicted octanol–water partition coefficient (Wildman–Crippen LogP) is 4.63. The Bertz CT molecular complexity index is 334. The SMILES string of the molecule is CCCCCCCOCC(N)c1ccc(CCC)cc1. The first-order valence-corrected chi connectivity index (χ1v) is 8.20. The number of hydrogen-bond donors (Lipinski definition) is 1. The maximum Gasteiger partial charge on any atom is 0.0659 e. The zero-order valence-corrected chi connectivity index (χ0v) is 13.2. The fraction of sp³-hybridized carbons (Fsp3) is 0.667. The lowest BCUT2D eigenvalue weighted by Crippen LogP contribution is -2.17. The van der Waals surface area contributed by atoms with Crippen LogP contribution in [0.2, 0.25) is 0 Å². The van der Waals surface area contributed by atoms with E-state index in [0.29, 0.717) is 6.61 Å². The number of aryl methyl sites for hydroxylation is 1. The second-order valence-electron chi connectivity index (χ2n) is 5.59. The molecule has 0 fully saturated rings. The van der Waals surface area contributed by atoms with Gasteiger partial charge in [-0.05, 0) is 24.0 Å². The average Bonchev–Trinajstić information content (AvgIpc) is 2.47. The first-order chi connectivity index (χ1) is 9.77. The van der Waals surface area contributed by atoms with Crippen LogP contribution in [0.1, 0.15) is 69.5 Å². The molecule has 1 rings (SSSR count). The number of unbranched alkanes of at least 4 members (excludes halogenated alkanes) is 4. The molecule has 0 aromatic heterocycles. The van der Waals surface area contributed by atoms with Crippen LogP contribution in [0.3, 0.4) is 0 Å². The van der Waals surface area contributed by atoms with E-state index in [1.807, 2.05) is 0 Å². The van der Waals surface area contributed by atoms with Crippen molar-refractivity contribution in [2.75, 3.05) is 13.2 Å². The van der Waals surface area contributed by atoms with Gasteiger partial charge in [0.25, 0.3) is 0 Å². The summed E-state index contributed by atoms with van der Waals surface area (Å²) in [7, 11) is 0. The molecule has 0 aliphatic rings. The highest BCUT2D eigenvalue weighted by molar-refractivity contribution is 5.24. The summed E-state index contributed by atoms with van der Waals surface area (Å²) < 4.78 is 5.68. The molecule has 2 heteroatoms. The summed E-state index contributed by atoms with van der Waals surface area (Å²) in [6, 6.07) is 8.65. The van der Waals surface area contributed by atoms with Crippen molar-refractivity contribution in [2.24, 2.45) is 5.73 Å². The quantitative estimate of drug-likeness (QED) is 0.599. The topological polar surface area (TPSA) is 35.2 Å². The van der Waals surface area contributed by atoms with Crippen LogP contribution in [0.4, 0.5) is 0 Å². The van der Waals surface area contributed by atoms with Crippen LogP contribution in [-0.2, 0) is 11.2 Å². The lowest BCUT2D eigenvalue weighted by molar-refractivity contribution is 0.117. The molecule has 0 saturated heterocycles. The van der Waals surface area contributed by atoms with E-state index < -0.39 is 0 Å². The van der Waals surface area contributed by atoms with Crippen LogP contribution in [-0.4, -0.2) is 13.2 Å². The van der Waals surface area contributed by atoms with Crippen molar-refractivity contribution in [1.29, 1.82) is 0 Å². The summed E-state index contributed by atoms with van der Waals surface area (Å²) in [5.74, 6) is 0. The third-order valence-corrected chi connectivity index (χ3v) is 3.64. The molecule has 2 nitrogen and oxygen atoms in total. The number of nitrogens with two attached hydrogens (primary N) is 1. The molecule has 1 atom stereocenters. The van der Waals surface area contributed by atoms with E-state index >= 15 is 0 Å². The van der Waals surface area contributed by atoms with E-state index in [1.165, 1.54) is 43.2 Å². The molecule has 20 heavy (non-hydrogen) atoms. The van der Waals surface area contributed by atoms with Crippen LogP contribution in [0, 0.1) is 0 Å². The fourth-order valence-corrected chi connectivity index (χ4v) is 2.33. The van der Waals surface area contributed by atoms with Crippen molar-refractivity contribution in [3.63, 3.8) is 0 Å². The molecular formula is C18H31NO. The number of hydrogen-bond acceptors (Lipinski definition) is 2. The summed E-state index contributed by atoms with van der Waals surface area (Å²) in [5.41, 5.74) is 8.72. The molecule has 0 aliphatic carbocycles. The van der Waals surface area contributed by atoms with Crippen molar-refractivity contribution < 1.29 is 4.74 Å². The van der Waals surface area contributed by atoms with Gasteiger partial charge in [-0.1, -0.05) is 70.2 Å². The Kier molecular flexibility index (Phi) is 9.35. The molecule has 1 unspecified atom stereocenters. The van der Waals surface area contributed by atoms with E-state index in [2.05, 4.69) is 38.1 Å². The first kappa shape index (κ1) is 17.2. The average molecular weight is 277 g/mol. The Morgan fingerprint density at radius 1 is 0.950 bits per heavy atom. The minimum Gasteiger partial charge on any atom is -0.379 e. The number of ether oxygens (including phenoxy) is 1. The highest BCUT2D eigenvalue weighted by Gasteiger charge is 2.05. The molecule has 0 saturated carbocycles. The zero-order chi connectivity index (χ0) is 14.6. The van der Waals surface area contributed by atoms with Gasteiger partial charge >= 0.3 is 0 Å². The molecule has 0 aliphatic heterocycles. The van der Waals surface area contributed by atoms with Crippen molar-refractivity contribution in [2.45, 2.75) is 64.8 Å². The van der Waals surface area contributed by atoms with Gasteiger partial charge < -0.3 is 10.5 Å². The maximum absolute atomic E-state index is 6.16. The molecule has 0 bridgehead atoms. The molecular weight excluding hydrogens is 246 g/mol. The van der Waals surface area contributed by atoms with Crippen LogP contribution >= 0.6 is 0 Å². The highest BCUT2D eigenvalue weighted by atomic mass is 16.5. The Morgan fingerprint density at radius 2 is 1.65 bits per heavy atom. The van der Waals surface area contributed by atoms with Crippen LogP contribution in [0.5, 0.6) is 0 Å². The van der Waals surface area contributed by atoms with Crippen LogP contribution in [0.15, 0.2) is 24.3 Å². The normalized spacial score (nSPS) is 12.6. The van der Waals surface area contributed by atoms with Crippen molar-refractivity contribution in [3.05, 3.63) is 35.4 Å². The Morgan fingerprint density at radius 3 is 2.30 bits per heavy atom. The summed E-state index contributed by atoms with van der Waals surface area (Å²) in [5, 5.41) is 0. The maximum atomic E-state index is 6.16. The molecule has 1 aromatic rings. The second kappa shape index (κ2) is 10.9. The summed E-state index contributed by atoms with van der Waals surface area (Å²) in [6.45, 7) is 5.90. The van der Waals surface area contributed by atoms with Gasteiger partial charge in [0.05, 0.1) is 12.6 Å². The molecule has 0 amide bonds. The molecule has 114 valence electrons. The Balaban J connectivity index is 2.17. The van der Waals surface area contributed by atoms with Gasteiger partial charge in [-0.3, -0.25) is 0 Å². The van der Waals surface area contributed by atoms with E-state index in [9.17, 15) is 0 Å². The lowest BCUT2D eigenvalue weighted by atomic mass is 10.0.